The molecule has 0 atom stereocenters. The zero-order chi connectivity index (χ0) is 3.41. The third-order valence-electron chi connectivity index (χ3n) is 0.0722. The van der Waals surface area contributed by atoms with Gasteiger partial charge in [-0.2, -0.15) is 0 Å². The molecule has 6 heavy (non-hydrogen) atoms. The van der Waals surface area contributed by atoms with E-state index in [1.54, 1.807) is 5.92 Å². The van der Waals surface area contributed by atoms with Gasteiger partial charge in [0.2, 0.25) is 0 Å². The molecule has 0 nitrogen and oxygen atoms in total. The van der Waals surface area contributed by atoms with Gasteiger partial charge in [-0.15, -0.1) is 0 Å². The summed E-state index contributed by atoms with van der Waals surface area (Å²) in [6.07, 6.45) is 10.4. The molecule has 0 aliphatic carbocycles. The van der Waals surface area contributed by atoms with Crippen LogP contribution < -0.4 is 103 Å². The van der Waals surface area contributed by atoms with Crippen molar-refractivity contribution < 1.29 is 104 Å². The Morgan fingerprint density at radius 2 is 1.67 bits per heavy atom. The Bertz CT molecular complexity index is 64.7. The van der Waals surface area contributed by atoms with Crippen LogP contribution >= 0.6 is 0 Å². The first kappa shape index (κ1) is 15.8. The van der Waals surface area contributed by atoms with E-state index in [9.17, 15) is 0 Å². The first-order valence-electron chi connectivity index (χ1n) is 0.789. The predicted molar refractivity (Wildman–Crippen MR) is 17.1 cm³/mol. The molecule has 0 amide bonds. The largest absolute Gasteiger partial charge is 1.00 e. The number of hydrogen-bond acceptors (Lipinski definition) is 0. The van der Waals surface area contributed by atoms with Gasteiger partial charge in [-0.1, -0.05) is 0 Å². The molecule has 0 rings (SSSR count). The molecule has 0 bridgehead atoms. The van der Waals surface area contributed by atoms with E-state index >= 15 is 0 Å². The monoisotopic (exact) mass is 128 g/mol. The average Bonchev–Trinajstić information content (AvgIpc) is 1.37. The summed E-state index contributed by atoms with van der Waals surface area (Å²) in [5, 5.41) is 0. The fourth-order valence-electron chi connectivity index (χ4n) is 0. The van der Waals surface area contributed by atoms with E-state index in [0.717, 1.165) is 0 Å². The summed E-state index contributed by atoms with van der Waals surface area (Å²) in [4.78, 5) is 0. The maximum atomic E-state index is 5.97. The number of terminal acetylenes is 1. The van der Waals surface area contributed by atoms with Crippen LogP contribution in [-0.4, -0.2) is 0 Å². The third kappa shape index (κ3) is 16.2. The molecule has 0 aromatic rings. The van der Waals surface area contributed by atoms with Crippen molar-refractivity contribution in [3.8, 4) is 18.3 Å². The Morgan fingerprint density at radius 3 is 1.67 bits per heavy atom. The zero-order valence-corrected chi connectivity index (χ0v) is 10.3. The van der Waals surface area contributed by atoms with Gasteiger partial charge in [0, 0.05) is 0 Å². The zero-order valence-electron chi connectivity index (χ0n) is 5.08. The number of hydrogen-bond donors (Lipinski definition) is 0. The average molecular weight is 128 g/mol. The molecule has 0 aliphatic heterocycles. The second-order valence-corrected chi connectivity index (χ2v) is 0.269. The van der Waals surface area contributed by atoms with Gasteiger partial charge in [-0.3, -0.25) is 11.8 Å². The van der Waals surface area contributed by atoms with E-state index in [0.29, 0.717) is 0 Å². The van der Waals surface area contributed by atoms with Crippen LogP contribution in [0.4, 0.5) is 0 Å². The summed E-state index contributed by atoms with van der Waals surface area (Å²) in [5.74, 6) is 3.56. The van der Waals surface area contributed by atoms with Crippen molar-refractivity contribution in [3.63, 3.8) is 0 Å². The smallest absolute Gasteiger partial charge is 1.00 e. The summed E-state index contributed by atoms with van der Waals surface area (Å²) in [6, 6.07) is 0. The molecule has 0 radical (unpaired) electrons. The van der Waals surface area contributed by atoms with Gasteiger partial charge < -0.3 is 7.85 Å². The van der Waals surface area contributed by atoms with E-state index in [1.165, 1.54) is 0 Å². The quantitative estimate of drug-likeness (QED) is 0.173. The molecule has 0 heterocycles. The Labute approximate surface area is 125 Å². The molecule has 0 saturated carbocycles. The second kappa shape index (κ2) is 15.7. The predicted octanol–water partition coefficient (Wildman–Crippen LogP) is -5.67. The van der Waals surface area contributed by atoms with Crippen molar-refractivity contribution in [1.82, 2.24) is 0 Å². The van der Waals surface area contributed by atoms with Gasteiger partial charge in [-0.25, -0.2) is 6.42 Å². The molecule has 0 aromatic heterocycles. The molecule has 0 aliphatic rings. The standard InChI is InChI=1S/C4H.2K.H/c1-3-4-2;;;/h1H;;;/q-1;2*+1;-1. The molecule has 0 spiro atoms. The van der Waals surface area contributed by atoms with Crippen molar-refractivity contribution in [2.45, 2.75) is 0 Å². The Balaban J connectivity index is -0.0000000150. The Morgan fingerprint density at radius 1 is 1.50 bits per heavy atom. The van der Waals surface area contributed by atoms with Gasteiger partial charge in [-0.05, 0) is 0 Å². The van der Waals surface area contributed by atoms with Crippen LogP contribution in [0.2, 0.25) is 0 Å². The summed E-state index contributed by atoms with van der Waals surface area (Å²) >= 11 is 0. The molecule has 0 N–H and O–H groups in total. The second-order valence-electron chi connectivity index (χ2n) is 0.269. The van der Waals surface area contributed by atoms with Crippen LogP contribution in [0.3, 0.4) is 0 Å². The minimum atomic E-state index is 0. The van der Waals surface area contributed by atoms with Crippen molar-refractivity contribution in [1.29, 1.82) is 0 Å². The van der Waals surface area contributed by atoms with Crippen molar-refractivity contribution in [3.05, 3.63) is 6.42 Å². The summed E-state index contributed by atoms with van der Waals surface area (Å²) < 4.78 is 0. The fourth-order valence-corrected chi connectivity index (χ4v) is 0. The minimum Gasteiger partial charge on any atom is -1.00 e. The summed E-state index contributed by atoms with van der Waals surface area (Å²) in [7, 11) is 0. The van der Waals surface area contributed by atoms with Gasteiger partial charge in [0.05, 0.1) is 0 Å². The maximum absolute atomic E-state index is 5.97. The van der Waals surface area contributed by atoms with E-state index < -0.39 is 0 Å². The molecule has 0 saturated heterocycles. The fraction of sp³-hybridized carbons (Fsp3) is 0. The first-order valence-corrected chi connectivity index (χ1v) is 0.789. The first-order chi connectivity index (χ1) is 1.91. The van der Waals surface area contributed by atoms with Crippen LogP contribution in [0.1, 0.15) is 1.43 Å². The van der Waals surface area contributed by atoms with Crippen LogP contribution in [0.25, 0.3) is 0 Å². The molecule has 0 unspecified atom stereocenters. The third-order valence-corrected chi connectivity index (χ3v) is 0.0722. The van der Waals surface area contributed by atoms with Crippen LogP contribution in [0, 0.1) is 24.7 Å². The Kier molecular flexibility index (Phi) is 41.2. The van der Waals surface area contributed by atoms with Crippen molar-refractivity contribution >= 4 is 0 Å². The van der Waals surface area contributed by atoms with E-state index in [1.807, 2.05) is 5.92 Å². The molecule has 0 fully saturated rings. The summed E-state index contributed by atoms with van der Waals surface area (Å²) in [6.45, 7) is 0. The van der Waals surface area contributed by atoms with Crippen molar-refractivity contribution in [2.75, 3.05) is 0 Å². The van der Waals surface area contributed by atoms with E-state index in [2.05, 4.69) is 6.42 Å². The normalized spacial score (nSPS) is 1.67. The van der Waals surface area contributed by atoms with Gasteiger partial charge in [0.1, 0.15) is 0 Å². The topological polar surface area (TPSA) is 0 Å². The Hall–Kier alpha value is 2.39. The van der Waals surface area contributed by atoms with Gasteiger partial charge >= 0.3 is 103 Å². The number of rotatable bonds is 0. The molecule has 2 heteroatoms. The SMILES string of the molecule is [C-]#CC#C.[H-].[K+].[K+]. The van der Waals surface area contributed by atoms with Crippen LogP contribution in [-0.2, 0) is 0 Å². The van der Waals surface area contributed by atoms with Gasteiger partial charge in [0.25, 0.3) is 0 Å². The summed E-state index contributed by atoms with van der Waals surface area (Å²) in [5.41, 5.74) is 0. The minimum absolute atomic E-state index is 0. The van der Waals surface area contributed by atoms with Crippen molar-refractivity contribution in [2.24, 2.45) is 0 Å². The van der Waals surface area contributed by atoms with Crippen LogP contribution in [0.15, 0.2) is 0 Å². The molecular weight excluding hydrogens is 126 g/mol. The molecule has 0 aromatic carbocycles. The molecular formula is C4H2K2. The van der Waals surface area contributed by atoms with E-state index in [-0.39, 0.29) is 104 Å². The van der Waals surface area contributed by atoms with Crippen LogP contribution in [0.5, 0.6) is 0 Å². The maximum Gasteiger partial charge on any atom is 1.00 e. The van der Waals surface area contributed by atoms with E-state index in [4.69, 9.17) is 6.42 Å². The molecule has 20 valence electrons. The van der Waals surface area contributed by atoms with Gasteiger partial charge in [0.15, 0.2) is 0 Å².